The summed E-state index contributed by atoms with van der Waals surface area (Å²) in [4.78, 5) is 9.38. The van der Waals surface area contributed by atoms with Gasteiger partial charge in [0.2, 0.25) is 0 Å². The number of piperazine rings is 1. The fourth-order valence-corrected chi connectivity index (χ4v) is 5.47. The van der Waals surface area contributed by atoms with Crippen LogP contribution in [0.1, 0.15) is 11.1 Å². The number of hydrogen-bond donors (Lipinski definition) is 1. The third-order valence-electron chi connectivity index (χ3n) is 6.24. The van der Waals surface area contributed by atoms with E-state index in [2.05, 4.69) is 60.5 Å². The van der Waals surface area contributed by atoms with Gasteiger partial charge >= 0.3 is 0 Å². The maximum absolute atomic E-state index is 10.6. The first-order valence-electron chi connectivity index (χ1n) is 11.7. The van der Waals surface area contributed by atoms with E-state index in [1.807, 2.05) is 36.4 Å². The molecule has 0 saturated carbocycles. The number of β-amino-alcohol motifs (C(OH)–C–C–N with tert-alkyl or cyclic N) is 1. The van der Waals surface area contributed by atoms with Crippen molar-refractivity contribution in [3.8, 4) is 16.3 Å². The molecule has 2 heterocycles. The summed E-state index contributed by atoms with van der Waals surface area (Å²) in [5, 5.41) is 11.6. The molecule has 1 radical (unpaired) electrons. The summed E-state index contributed by atoms with van der Waals surface area (Å²) in [5.74, 6) is 0.739. The zero-order valence-corrected chi connectivity index (χ0v) is 20.5. The minimum absolute atomic E-state index is 0.262. The average Bonchev–Trinajstić information content (AvgIpc) is 3.28. The number of fused-ring (bicyclic) bond motifs is 1. The van der Waals surface area contributed by atoms with E-state index in [1.165, 1.54) is 16.8 Å². The Kier molecular flexibility index (Phi) is 6.81. The van der Waals surface area contributed by atoms with E-state index >= 15 is 0 Å². The number of hydrogen-bond acceptors (Lipinski definition) is 6. The molecule has 5 nitrogen and oxygen atoms in total. The lowest BCUT2D eigenvalue weighted by atomic mass is 10.1. The third kappa shape index (κ3) is 5.09. The Bertz CT molecular complexity index is 1230. The summed E-state index contributed by atoms with van der Waals surface area (Å²) in [6.45, 7) is 10.1. The number of aryl methyl sites for hydroxylation is 2. The number of ether oxygens (including phenoxy) is 1. The van der Waals surface area contributed by atoms with Crippen molar-refractivity contribution in [1.82, 2.24) is 9.88 Å². The number of anilines is 1. The summed E-state index contributed by atoms with van der Waals surface area (Å²) in [6.07, 6.45) is -0.550. The minimum Gasteiger partial charge on any atom is -0.491 e. The molecule has 0 aliphatic carbocycles. The van der Waals surface area contributed by atoms with Gasteiger partial charge in [0.15, 0.2) is 0 Å². The number of rotatable bonds is 7. The van der Waals surface area contributed by atoms with Crippen LogP contribution in [0.15, 0.2) is 66.7 Å². The number of benzene rings is 3. The molecule has 1 aliphatic rings. The Balaban J connectivity index is 1.13. The van der Waals surface area contributed by atoms with Crippen LogP contribution in [0.2, 0.25) is 0 Å². The molecular formula is C28H30N3O2S. The summed E-state index contributed by atoms with van der Waals surface area (Å²) < 4.78 is 7.05. The third-order valence-corrected chi connectivity index (χ3v) is 7.32. The quantitative estimate of drug-likeness (QED) is 0.395. The van der Waals surface area contributed by atoms with E-state index in [9.17, 15) is 5.11 Å². The molecule has 1 N–H and O–H groups in total. The molecule has 1 saturated heterocycles. The molecule has 5 rings (SSSR count). The van der Waals surface area contributed by atoms with E-state index in [1.54, 1.807) is 11.3 Å². The van der Waals surface area contributed by atoms with Crippen LogP contribution in [-0.4, -0.2) is 53.9 Å². The molecule has 34 heavy (non-hydrogen) atoms. The SMILES string of the molecule is Cc1cccc(C)c1N1[CH]CN(CC(O)COc2ccc3sc(-c4ccccc4)nc3c2)CC1. The van der Waals surface area contributed by atoms with E-state index in [0.29, 0.717) is 6.54 Å². The molecule has 0 amide bonds. The monoisotopic (exact) mass is 472 g/mol. The standard InChI is InChI=1S/C28H30N3O2S/c1-20-7-6-8-21(2)27(20)31-15-13-30(14-16-31)18-23(32)19-33-24-11-12-26-25(17-24)29-28(34-26)22-9-4-3-5-10-22/h3-12,15,17,23,32H,13-14,16,18-19H2,1-2H3. The van der Waals surface area contributed by atoms with Gasteiger partial charge in [-0.05, 0) is 37.1 Å². The lowest BCUT2D eigenvalue weighted by molar-refractivity contribution is 0.0689. The van der Waals surface area contributed by atoms with Crippen LogP contribution in [0, 0.1) is 20.4 Å². The summed E-state index contributed by atoms with van der Waals surface area (Å²) in [7, 11) is 0. The van der Waals surface area contributed by atoms with Crippen LogP contribution in [0.25, 0.3) is 20.8 Å². The minimum atomic E-state index is -0.550. The molecule has 3 aromatic carbocycles. The van der Waals surface area contributed by atoms with Crippen molar-refractivity contribution >= 4 is 27.2 Å². The first kappa shape index (κ1) is 22.8. The molecule has 0 bridgehead atoms. The van der Waals surface area contributed by atoms with Gasteiger partial charge in [-0.1, -0.05) is 48.5 Å². The Morgan fingerprint density at radius 1 is 1.00 bits per heavy atom. The molecule has 1 aliphatic heterocycles. The van der Waals surface area contributed by atoms with Crippen LogP contribution in [0.5, 0.6) is 5.75 Å². The number of aromatic nitrogens is 1. The fourth-order valence-electron chi connectivity index (χ4n) is 4.52. The number of aliphatic hydroxyl groups excluding tert-OH is 1. The maximum atomic E-state index is 10.6. The van der Waals surface area contributed by atoms with E-state index in [4.69, 9.17) is 9.72 Å². The number of thiazole rings is 1. The van der Waals surface area contributed by atoms with Gasteiger partial charge in [-0.25, -0.2) is 4.98 Å². The zero-order chi connectivity index (χ0) is 23.5. The second kappa shape index (κ2) is 10.1. The average molecular weight is 473 g/mol. The van der Waals surface area contributed by atoms with Crippen LogP contribution in [0.3, 0.4) is 0 Å². The van der Waals surface area contributed by atoms with Gasteiger partial charge in [-0.3, -0.25) is 4.90 Å². The van der Waals surface area contributed by atoms with Crippen molar-refractivity contribution in [2.24, 2.45) is 0 Å². The number of aliphatic hydroxyl groups is 1. The highest BCUT2D eigenvalue weighted by atomic mass is 32.1. The predicted octanol–water partition coefficient (Wildman–Crippen LogP) is 5.30. The first-order valence-corrected chi connectivity index (χ1v) is 12.5. The zero-order valence-electron chi connectivity index (χ0n) is 19.6. The lowest BCUT2D eigenvalue weighted by Crippen LogP contribution is -2.47. The largest absolute Gasteiger partial charge is 0.491 e. The lowest BCUT2D eigenvalue weighted by Gasteiger charge is -2.37. The van der Waals surface area contributed by atoms with Crippen LogP contribution < -0.4 is 9.64 Å². The summed E-state index contributed by atoms with van der Waals surface area (Å²) in [5.41, 5.74) is 5.94. The van der Waals surface area contributed by atoms with Crippen molar-refractivity contribution in [1.29, 1.82) is 0 Å². The van der Waals surface area contributed by atoms with Crippen molar-refractivity contribution in [3.63, 3.8) is 0 Å². The highest BCUT2D eigenvalue weighted by Gasteiger charge is 2.22. The van der Waals surface area contributed by atoms with Crippen molar-refractivity contribution in [2.75, 3.05) is 37.7 Å². The van der Waals surface area contributed by atoms with Gasteiger partial charge in [-0.15, -0.1) is 11.3 Å². The van der Waals surface area contributed by atoms with Gasteiger partial charge in [0, 0.05) is 43.5 Å². The van der Waals surface area contributed by atoms with Gasteiger partial charge in [-0.2, -0.15) is 0 Å². The van der Waals surface area contributed by atoms with Gasteiger partial charge in [0.05, 0.1) is 16.8 Å². The fraction of sp³-hybridized carbons (Fsp3) is 0.286. The molecule has 4 aromatic rings. The van der Waals surface area contributed by atoms with E-state index in [-0.39, 0.29) is 6.61 Å². The topological polar surface area (TPSA) is 48.8 Å². The Morgan fingerprint density at radius 3 is 2.53 bits per heavy atom. The van der Waals surface area contributed by atoms with Gasteiger partial charge < -0.3 is 14.7 Å². The van der Waals surface area contributed by atoms with E-state index < -0.39 is 6.10 Å². The molecule has 175 valence electrons. The summed E-state index contributed by atoms with van der Waals surface area (Å²) in [6, 6.07) is 22.6. The van der Waals surface area contributed by atoms with Gasteiger partial charge in [0.25, 0.3) is 0 Å². The van der Waals surface area contributed by atoms with Crippen LogP contribution >= 0.6 is 11.3 Å². The highest BCUT2D eigenvalue weighted by Crippen LogP contribution is 2.32. The first-order chi connectivity index (χ1) is 16.6. The van der Waals surface area contributed by atoms with Crippen molar-refractivity contribution in [3.05, 3.63) is 84.4 Å². The molecule has 1 aromatic heterocycles. The van der Waals surface area contributed by atoms with Crippen LogP contribution in [-0.2, 0) is 0 Å². The van der Waals surface area contributed by atoms with Crippen molar-refractivity contribution < 1.29 is 9.84 Å². The van der Waals surface area contributed by atoms with Crippen molar-refractivity contribution in [2.45, 2.75) is 20.0 Å². The molecule has 1 unspecified atom stereocenters. The second-order valence-electron chi connectivity index (χ2n) is 8.86. The predicted molar refractivity (Wildman–Crippen MR) is 141 cm³/mol. The Labute approximate surface area is 205 Å². The maximum Gasteiger partial charge on any atom is 0.124 e. The number of nitrogens with zero attached hydrogens (tertiary/aromatic N) is 3. The van der Waals surface area contributed by atoms with Gasteiger partial charge in [0.1, 0.15) is 23.5 Å². The molecule has 6 heteroatoms. The molecule has 0 spiro atoms. The van der Waals surface area contributed by atoms with E-state index in [0.717, 1.165) is 46.2 Å². The molecule has 1 fully saturated rings. The second-order valence-corrected chi connectivity index (χ2v) is 9.89. The van der Waals surface area contributed by atoms with Crippen LogP contribution in [0.4, 0.5) is 5.69 Å². The Morgan fingerprint density at radius 2 is 1.79 bits per heavy atom. The highest BCUT2D eigenvalue weighted by molar-refractivity contribution is 7.21. The summed E-state index contributed by atoms with van der Waals surface area (Å²) >= 11 is 1.68. The Hall–Kier alpha value is -2.93. The normalized spacial score (nSPS) is 15.6. The number of para-hydroxylation sites is 1. The smallest absolute Gasteiger partial charge is 0.124 e. The molecule has 1 atom stereocenters. The molecular weight excluding hydrogens is 442 g/mol.